The van der Waals surface area contributed by atoms with Crippen molar-refractivity contribution < 1.29 is 4.39 Å². The van der Waals surface area contributed by atoms with Crippen LogP contribution in [-0.4, -0.2) is 14.8 Å². The molecule has 1 aliphatic rings. The highest BCUT2D eigenvalue weighted by Crippen LogP contribution is 2.34. The summed E-state index contributed by atoms with van der Waals surface area (Å²) in [6, 6.07) is 10.8. The second kappa shape index (κ2) is 5.65. The first-order valence-electron chi connectivity index (χ1n) is 7.59. The van der Waals surface area contributed by atoms with Crippen molar-refractivity contribution in [3.63, 3.8) is 0 Å². The Bertz CT molecular complexity index is 789. The zero-order valence-corrected chi connectivity index (χ0v) is 12.9. The summed E-state index contributed by atoms with van der Waals surface area (Å²) in [5.74, 6) is 1.86. The smallest absolute Gasteiger partial charge is 0.174 e. The van der Waals surface area contributed by atoms with Gasteiger partial charge in [0.25, 0.3) is 0 Å². The second-order valence-corrected chi connectivity index (χ2v) is 6.66. The molecule has 4 rings (SSSR count). The molecule has 0 fully saturated rings. The highest BCUT2D eigenvalue weighted by molar-refractivity contribution is 7.18. The minimum atomic E-state index is -0.205. The monoisotopic (exact) mass is 313 g/mol. The third-order valence-corrected chi connectivity index (χ3v) is 5.19. The third-order valence-electron chi connectivity index (χ3n) is 4.06. The van der Waals surface area contributed by atoms with Crippen LogP contribution in [0, 0.1) is 5.82 Å². The summed E-state index contributed by atoms with van der Waals surface area (Å²) in [5, 5.41) is 8.75. The van der Waals surface area contributed by atoms with Crippen molar-refractivity contribution in [1.29, 1.82) is 0 Å². The fourth-order valence-corrected chi connectivity index (χ4v) is 3.90. The fourth-order valence-electron chi connectivity index (χ4n) is 2.89. The van der Waals surface area contributed by atoms with Crippen LogP contribution in [0.4, 0.5) is 4.39 Å². The number of halogens is 1. The average molecular weight is 313 g/mol. The van der Waals surface area contributed by atoms with E-state index >= 15 is 0 Å². The minimum Gasteiger partial charge on any atom is -0.310 e. The molecule has 3 heterocycles. The Morgan fingerprint density at radius 2 is 1.73 bits per heavy atom. The molecule has 0 amide bonds. The van der Waals surface area contributed by atoms with E-state index in [0.717, 1.165) is 39.9 Å². The van der Waals surface area contributed by atoms with E-state index < -0.39 is 0 Å². The number of thiophene rings is 1. The summed E-state index contributed by atoms with van der Waals surface area (Å²) in [4.78, 5) is 2.25. The van der Waals surface area contributed by atoms with Crippen molar-refractivity contribution >= 4 is 11.3 Å². The summed E-state index contributed by atoms with van der Waals surface area (Å²) in [6.45, 7) is 1.00. The highest BCUT2D eigenvalue weighted by atomic mass is 32.1. The molecule has 0 saturated heterocycles. The molecule has 0 saturated carbocycles. The second-order valence-electron chi connectivity index (χ2n) is 5.57. The molecule has 0 aliphatic carbocycles. The molecule has 0 N–H and O–H groups in total. The van der Waals surface area contributed by atoms with Crippen molar-refractivity contribution in [2.45, 2.75) is 32.2 Å². The molecule has 22 heavy (non-hydrogen) atoms. The zero-order valence-electron chi connectivity index (χ0n) is 12.1. The van der Waals surface area contributed by atoms with E-state index in [4.69, 9.17) is 0 Å². The van der Waals surface area contributed by atoms with E-state index in [1.807, 2.05) is 12.1 Å². The Morgan fingerprint density at radius 3 is 2.59 bits per heavy atom. The molecule has 0 radical (unpaired) electrons. The lowest BCUT2D eigenvalue weighted by Crippen LogP contribution is -2.02. The van der Waals surface area contributed by atoms with Gasteiger partial charge in [0.2, 0.25) is 0 Å². The lowest BCUT2D eigenvalue weighted by molar-refractivity contribution is 0.628. The molecule has 1 aromatic carbocycles. The number of hydrogen-bond acceptors (Lipinski definition) is 3. The van der Waals surface area contributed by atoms with Crippen LogP contribution in [0.3, 0.4) is 0 Å². The van der Waals surface area contributed by atoms with Crippen LogP contribution in [-0.2, 0) is 13.0 Å². The Labute approximate surface area is 132 Å². The lowest BCUT2D eigenvalue weighted by atomic mass is 10.2. The number of nitrogens with zero attached hydrogens (tertiary/aromatic N) is 3. The molecule has 0 bridgehead atoms. The Kier molecular flexibility index (Phi) is 3.50. The first-order valence-corrected chi connectivity index (χ1v) is 8.41. The van der Waals surface area contributed by atoms with Gasteiger partial charge in [0.1, 0.15) is 11.6 Å². The maximum atomic E-state index is 13.0. The van der Waals surface area contributed by atoms with Gasteiger partial charge in [0, 0.05) is 17.8 Å². The van der Waals surface area contributed by atoms with Crippen molar-refractivity contribution in [1.82, 2.24) is 14.8 Å². The Hall–Kier alpha value is -2.01. The summed E-state index contributed by atoms with van der Waals surface area (Å²) < 4.78 is 15.3. The first-order chi connectivity index (χ1) is 10.8. The van der Waals surface area contributed by atoms with E-state index in [1.54, 1.807) is 11.3 Å². The summed E-state index contributed by atoms with van der Waals surface area (Å²) in [6.07, 6.45) is 4.66. The molecule has 5 heteroatoms. The van der Waals surface area contributed by atoms with Crippen LogP contribution >= 0.6 is 11.3 Å². The topological polar surface area (TPSA) is 30.7 Å². The maximum absolute atomic E-state index is 13.0. The molecule has 112 valence electrons. The number of fused-ring (bicyclic) bond motifs is 1. The molecule has 3 nitrogen and oxygen atoms in total. The number of benzene rings is 1. The van der Waals surface area contributed by atoms with Gasteiger partial charge >= 0.3 is 0 Å². The van der Waals surface area contributed by atoms with Crippen LogP contribution < -0.4 is 0 Å². The minimum absolute atomic E-state index is 0.205. The number of aryl methyl sites for hydroxylation is 1. The molecular formula is C17H16FN3S. The molecule has 2 aromatic heterocycles. The van der Waals surface area contributed by atoms with Gasteiger partial charge in [-0.2, -0.15) is 0 Å². The van der Waals surface area contributed by atoms with Gasteiger partial charge < -0.3 is 4.57 Å². The Morgan fingerprint density at radius 1 is 0.909 bits per heavy atom. The van der Waals surface area contributed by atoms with Crippen LogP contribution in [0.15, 0.2) is 36.4 Å². The van der Waals surface area contributed by atoms with Gasteiger partial charge in [-0.05, 0) is 42.7 Å². The Balaban J connectivity index is 1.70. The zero-order chi connectivity index (χ0) is 14.9. The average Bonchev–Trinajstić information content (AvgIpc) is 3.09. The molecule has 1 aliphatic heterocycles. The molecular weight excluding hydrogens is 297 g/mol. The van der Waals surface area contributed by atoms with Crippen molar-refractivity contribution in [2.75, 3.05) is 0 Å². The maximum Gasteiger partial charge on any atom is 0.174 e. The molecule has 3 aromatic rings. The molecule has 0 spiro atoms. The summed E-state index contributed by atoms with van der Waals surface area (Å²) >= 11 is 1.68. The van der Waals surface area contributed by atoms with Gasteiger partial charge in [-0.3, -0.25) is 0 Å². The SMILES string of the molecule is Fc1ccc(-c2ccc(-c3nnc4n3CCCCC4)s2)cc1. The lowest BCUT2D eigenvalue weighted by Gasteiger charge is -2.04. The quantitative estimate of drug-likeness (QED) is 0.695. The van der Waals surface area contributed by atoms with Gasteiger partial charge in [0.05, 0.1) is 4.88 Å². The number of hydrogen-bond donors (Lipinski definition) is 0. The van der Waals surface area contributed by atoms with Crippen LogP contribution in [0.2, 0.25) is 0 Å². The van der Waals surface area contributed by atoms with E-state index in [9.17, 15) is 4.39 Å². The van der Waals surface area contributed by atoms with Gasteiger partial charge in [-0.25, -0.2) is 4.39 Å². The van der Waals surface area contributed by atoms with Gasteiger partial charge in [0.15, 0.2) is 5.82 Å². The van der Waals surface area contributed by atoms with Gasteiger partial charge in [-0.1, -0.05) is 18.6 Å². The van der Waals surface area contributed by atoms with Crippen LogP contribution in [0.1, 0.15) is 25.1 Å². The summed E-state index contributed by atoms with van der Waals surface area (Å²) in [5.41, 5.74) is 1.04. The first kappa shape index (κ1) is 13.6. The third kappa shape index (κ3) is 2.46. The molecule has 0 unspecified atom stereocenters. The van der Waals surface area contributed by atoms with Crippen molar-refractivity contribution in [3.8, 4) is 21.1 Å². The van der Waals surface area contributed by atoms with Crippen LogP contribution in [0.25, 0.3) is 21.1 Å². The number of aromatic nitrogens is 3. The van der Waals surface area contributed by atoms with E-state index in [1.165, 1.54) is 31.4 Å². The van der Waals surface area contributed by atoms with Crippen LogP contribution in [0.5, 0.6) is 0 Å². The summed E-state index contributed by atoms with van der Waals surface area (Å²) in [7, 11) is 0. The fraction of sp³-hybridized carbons (Fsp3) is 0.294. The van der Waals surface area contributed by atoms with Gasteiger partial charge in [-0.15, -0.1) is 21.5 Å². The normalized spacial score (nSPS) is 14.6. The van der Waals surface area contributed by atoms with Crippen molar-refractivity contribution in [3.05, 3.63) is 48.0 Å². The number of rotatable bonds is 2. The van der Waals surface area contributed by atoms with E-state index in [2.05, 4.69) is 26.9 Å². The molecule has 0 atom stereocenters. The standard InChI is InChI=1S/C17H16FN3S/c18-13-7-5-12(6-8-13)14-9-10-15(22-14)17-20-19-16-4-2-1-3-11-21(16)17/h5-10H,1-4,11H2. The van der Waals surface area contributed by atoms with E-state index in [-0.39, 0.29) is 5.82 Å². The predicted octanol–water partition coefficient (Wildman–Crippen LogP) is 4.54. The van der Waals surface area contributed by atoms with E-state index in [0.29, 0.717) is 0 Å². The predicted molar refractivity (Wildman–Crippen MR) is 86.3 cm³/mol. The highest BCUT2D eigenvalue weighted by Gasteiger charge is 2.17. The van der Waals surface area contributed by atoms with Crippen molar-refractivity contribution in [2.24, 2.45) is 0 Å². The largest absolute Gasteiger partial charge is 0.310 e.